The van der Waals surface area contributed by atoms with Crippen molar-refractivity contribution in [2.75, 3.05) is 0 Å². The summed E-state index contributed by atoms with van der Waals surface area (Å²) in [6.45, 7) is 5.39. The van der Waals surface area contributed by atoms with Crippen LogP contribution in [0.4, 0.5) is 0 Å². The first-order valence-corrected chi connectivity index (χ1v) is 7.04. The van der Waals surface area contributed by atoms with E-state index in [1.165, 1.54) is 0 Å². The van der Waals surface area contributed by atoms with E-state index in [1.807, 2.05) is 19.2 Å². The number of carboxylic acids is 1. The largest absolute Gasteiger partial charge is 0.480 e. The molecular weight excluding hydrogens is 282 g/mol. The van der Waals surface area contributed by atoms with Crippen molar-refractivity contribution in [2.24, 2.45) is 5.92 Å². The fraction of sp³-hybridized carbons (Fsp3) is 0.312. The van der Waals surface area contributed by atoms with Gasteiger partial charge in [-0.2, -0.15) is 5.10 Å². The van der Waals surface area contributed by atoms with E-state index in [0.29, 0.717) is 5.56 Å². The Kier molecular flexibility index (Phi) is 4.60. The molecule has 2 aromatic rings. The number of carbonyl (C=O) groups excluding carboxylic acids is 1. The summed E-state index contributed by atoms with van der Waals surface area (Å²) in [6, 6.07) is 6.10. The monoisotopic (exact) mass is 301 g/mol. The summed E-state index contributed by atoms with van der Waals surface area (Å²) in [4.78, 5) is 23.4. The van der Waals surface area contributed by atoms with Crippen LogP contribution in [0.2, 0.25) is 0 Å². The molecule has 1 aromatic carbocycles. The third kappa shape index (κ3) is 3.33. The number of aliphatic carboxylic acids is 1. The fourth-order valence-corrected chi connectivity index (χ4v) is 2.20. The van der Waals surface area contributed by atoms with E-state index in [4.69, 9.17) is 5.11 Å². The zero-order valence-corrected chi connectivity index (χ0v) is 12.8. The summed E-state index contributed by atoms with van der Waals surface area (Å²) in [5.41, 5.74) is 2.19. The molecule has 1 unspecified atom stereocenters. The number of hydrogen-bond donors (Lipinski definition) is 2. The van der Waals surface area contributed by atoms with Gasteiger partial charge in [0.25, 0.3) is 5.91 Å². The third-order valence-corrected chi connectivity index (χ3v) is 3.43. The van der Waals surface area contributed by atoms with E-state index >= 15 is 0 Å². The van der Waals surface area contributed by atoms with Crippen LogP contribution in [-0.4, -0.2) is 32.8 Å². The zero-order valence-electron chi connectivity index (χ0n) is 12.8. The van der Waals surface area contributed by atoms with Gasteiger partial charge in [-0.15, -0.1) is 0 Å². The van der Waals surface area contributed by atoms with Crippen molar-refractivity contribution in [1.82, 2.24) is 15.1 Å². The lowest BCUT2D eigenvalue weighted by Gasteiger charge is -2.18. The Balaban J connectivity index is 2.21. The maximum atomic E-state index is 12.2. The molecule has 1 heterocycles. The summed E-state index contributed by atoms with van der Waals surface area (Å²) >= 11 is 0. The molecule has 0 saturated carbocycles. The van der Waals surface area contributed by atoms with Gasteiger partial charge in [0.15, 0.2) is 0 Å². The van der Waals surface area contributed by atoms with E-state index in [1.54, 1.807) is 42.9 Å². The Labute approximate surface area is 128 Å². The molecule has 2 N–H and O–H groups in total. The van der Waals surface area contributed by atoms with Crippen LogP contribution in [-0.2, 0) is 4.79 Å². The first-order valence-electron chi connectivity index (χ1n) is 7.04. The number of aromatic nitrogens is 2. The molecule has 0 spiro atoms. The molecule has 0 aliphatic rings. The van der Waals surface area contributed by atoms with Crippen molar-refractivity contribution >= 4 is 11.9 Å². The van der Waals surface area contributed by atoms with Crippen LogP contribution in [0.15, 0.2) is 36.7 Å². The molecule has 22 heavy (non-hydrogen) atoms. The van der Waals surface area contributed by atoms with Crippen molar-refractivity contribution in [3.63, 3.8) is 0 Å². The van der Waals surface area contributed by atoms with Crippen LogP contribution in [0.5, 0.6) is 0 Å². The van der Waals surface area contributed by atoms with E-state index < -0.39 is 17.9 Å². The highest BCUT2D eigenvalue weighted by atomic mass is 16.4. The molecular formula is C16H19N3O3. The van der Waals surface area contributed by atoms with Crippen LogP contribution in [0.1, 0.15) is 29.8 Å². The minimum absolute atomic E-state index is 0.189. The summed E-state index contributed by atoms with van der Waals surface area (Å²) < 4.78 is 1.71. The Hall–Kier alpha value is -2.63. The van der Waals surface area contributed by atoms with Gasteiger partial charge in [-0.05, 0) is 42.7 Å². The van der Waals surface area contributed by atoms with Gasteiger partial charge in [-0.1, -0.05) is 13.8 Å². The number of carboxylic acid groups (broad SMARTS) is 1. The van der Waals surface area contributed by atoms with Gasteiger partial charge in [0.2, 0.25) is 0 Å². The van der Waals surface area contributed by atoms with Gasteiger partial charge < -0.3 is 10.4 Å². The standard InChI is InChI=1S/C16H19N3O3/c1-10(2)14(16(21)22)18-15(20)12-5-6-13(11(3)9-12)19-8-4-7-17-19/h4-10,14H,1-3H3,(H,18,20)(H,21,22). The lowest BCUT2D eigenvalue weighted by atomic mass is 10.0. The van der Waals surface area contributed by atoms with Crippen molar-refractivity contribution in [3.8, 4) is 5.69 Å². The Bertz CT molecular complexity index is 678. The van der Waals surface area contributed by atoms with Crippen LogP contribution < -0.4 is 5.32 Å². The highest BCUT2D eigenvalue weighted by Gasteiger charge is 2.24. The van der Waals surface area contributed by atoms with Crippen molar-refractivity contribution < 1.29 is 14.7 Å². The third-order valence-electron chi connectivity index (χ3n) is 3.43. The van der Waals surface area contributed by atoms with Crippen LogP contribution in [0.3, 0.4) is 0 Å². The SMILES string of the molecule is Cc1cc(C(=O)NC(C(=O)O)C(C)C)ccc1-n1cccn1. The second-order valence-electron chi connectivity index (χ2n) is 5.49. The summed E-state index contributed by atoms with van der Waals surface area (Å²) in [5.74, 6) is -1.62. The highest BCUT2D eigenvalue weighted by molar-refractivity contribution is 5.97. The van der Waals surface area contributed by atoms with E-state index in [2.05, 4.69) is 10.4 Å². The van der Waals surface area contributed by atoms with E-state index in [-0.39, 0.29) is 5.92 Å². The molecule has 0 bridgehead atoms. The molecule has 0 saturated heterocycles. The average molecular weight is 301 g/mol. The van der Waals surface area contributed by atoms with Gasteiger partial charge in [0, 0.05) is 18.0 Å². The van der Waals surface area contributed by atoms with Crippen LogP contribution in [0.25, 0.3) is 5.69 Å². The Morgan fingerprint density at radius 1 is 1.32 bits per heavy atom. The number of benzene rings is 1. The number of nitrogens with one attached hydrogen (secondary N) is 1. The molecule has 0 aliphatic heterocycles. The average Bonchev–Trinajstić information content (AvgIpc) is 2.97. The number of carbonyl (C=O) groups is 2. The van der Waals surface area contributed by atoms with E-state index in [0.717, 1.165) is 11.3 Å². The first kappa shape index (κ1) is 15.8. The number of rotatable bonds is 5. The molecule has 116 valence electrons. The molecule has 6 heteroatoms. The normalized spacial score (nSPS) is 12.2. The van der Waals surface area contributed by atoms with Crippen molar-refractivity contribution in [3.05, 3.63) is 47.8 Å². The minimum atomic E-state index is -1.03. The molecule has 0 fully saturated rings. The number of amides is 1. The molecule has 2 rings (SSSR count). The van der Waals surface area contributed by atoms with Gasteiger partial charge in [-0.3, -0.25) is 4.79 Å². The Morgan fingerprint density at radius 2 is 2.05 bits per heavy atom. The fourth-order valence-electron chi connectivity index (χ4n) is 2.20. The number of nitrogens with zero attached hydrogens (tertiary/aromatic N) is 2. The summed E-state index contributed by atoms with van der Waals surface area (Å²) in [7, 11) is 0. The second kappa shape index (κ2) is 6.43. The van der Waals surface area contributed by atoms with Gasteiger partial charge in [0.05, 0.1) is 5.69 Å². The topological polar surface area (TPSA) is 84.2 Å². The van der Waals surface area contributed by atoms with Gasteiger partial charge in [0.1, 0.15) is 6.04 Å². The van der Waals surface area contributed by atoms with Gasteiger partial charge in [-0.25, -0.2) is 9.48 Å². The molecule has 1 atom stereocenters. The number of aryl methyl sites for hydroxylation is 1. The van der Waals surface area contributed by atoms with Gasteiger partial charge >= 0.3 is 5.97 Å². The highest BCUT2D eigenvalue weighted by Crippen LogP contribution is 2.15. The summed E-state index contributed by atoms with van der Waals surface area (Å²) in [6.07, 6.45) is 3.50. The molecule has 6 nitrogen and oxygen atoms in total. The van der Waals surface area contributed by atoms with Crippen LogP contribution >= 0.6 is 0 Å². The minimum Gasteiger partial charge on any atom is -0.480 e. The zero-order chi connectivity index (χ0) is 16.3. The Morgan fingerprint density at radius 3 is 2.55 bits per heavy atom. The molecule has 1 amide bonds. The predicted octanol–water partition coefficient (Wildman–Crippen LogP) is 2.02. The predicted molar refractivity (Wildman–Crippen MR) is 82.0 cm³/mol. The smallest absolute Gasteiger partial charge is 0.326 e. The number of hydrogen-bond acceptors (Lipinski definition) is 3. The van der Waals surface area contributed by atoms with Crippen LogP contribution in [0, 0.1) is 12.8 Å². The lowest BCUT2D eigenvalue weighted by Crippen LogP contribution is -2.44. The quantitative estimate of drug-likeness (QED) is 0.885. The maximum Gasteiger partial charge on any atom is 0.326 e. The van der Waals surface area contributed by atoms with Crippen molar-refractivity contribution in [1.29, 1.82) is 0 Å². The first-order chi connectivity index (χ1) is 10.4. The molecule has 1 aromatic heterocycles. The van der Waals surface area contributed by atoms with Crippen molar-refractivity contribution in [2.45, 2.75) is 26.8 Å². The summed E-state index contributed by atoms with van der Waals surface area (Å²) in [5, 5.41) is 15.8. The lowest BCUT2D eigenvalue weighted by molar-refractivity contribution is -0.140. The molecule has 0 aliphatic carbocycles. The van der Waals surface area contributed by atoms with E-state index in [9.17, 15) is 9.59 Å². The maximum absolute atomic E-state index is 12.2. The second-order valence-corrected chi connectivity index (χ2v) is 5.49. The molecule has 0 radical (unpaired) electrons.